The van der Waals surface area contributed by atoms with Crippen LogP contribution in [0.1, 0.15) is 30.0 Å². The summed E-state index contributed by atoms with van der Waals surface area (Å²) in [5.41, 5.74) is 1.57. The SMILES string of the molecule is CCCNC(=O)C(Cl)c1cn(C)nc1C. The van der Waals surface area contributed by atoms with Crippen LogP contribution in [0.25, 0.3) is 0 Å². The van der Waals surface area contributed by atoms with Crippen molar-refractivity contribution in [3.05, 3.63) is 17.5 Å². The first-order valence-corrected chi connectivity index (χ1v) is 5.41. The van der Waals surface area contributed by atoms with Crippen LogP contribution in [0.4, 0.5) is 0 Å². The van der Waals surface area contributed by atoms with E-state index in [0.717, 1.165) is 17.7 Å². The fraction of sp³-hybridized carbons (Fsp3) is 0.600. The number of aromatic nitrogens is 2. The van der Waals surface area contributed by atoms with Gasteiger partial charge in [-0.05, 0) is 13.3 Å². The molecule has 0 fully saturated rings. The van der Waals surface area contributed by atoms with Crippen molar-refractivity contribution in [2.75, 3.05) is 6.54 Å². The number of halogens is 1. The minimum atomic E-state index is -0.648. The van der Waals surface area contributed by atoms with E-state index < -0.39 is 5.38 Å². The van der Waals surface area contributed by atoms with E-state index in [2.05, 4.69) is 10.4 Å². The van der Waals surface area contributed by atoms with Crippen molar-refractivity contribution in [1.29, 1.82) is 0 Å². The summed E-state index contributed by atoms with van der Waals surface area (Å²) in [6.07, 6.45) is 2.68. The Morgan fingerprint density at radius 2 is 2.40 bits per heavy atom. The highest BCUT2D eigenvalue weighted by Gasteiger charge is 2.20. The topological polar surface area (TPSA) is 46.9 Å². The molecule has 0 spiro atoms. The monoisotopic (exact) mass is 229 g/mol. The maximum Gasteiger partial charge on any atom is 0.242 e. The lowest BCUT2D eigenvalue weighted by atomic mass is 10.2. The van der Waals surface area contributed by atoms with E-state index in [1.54, 1.807) is 10.9 Å². The minimum Gasteiger partial charge on any atom is -0.355 e. The van der Waals surface area contributed by atoms with E-state index in [0.29, 0.717) is 6.54 Å². The molecule has 1 aromatic heterocycles. The van der Waals surface area contributed by atoms with Crippen molar-refractivity contribution in [1.82, 2.24) is 15.1 Å². The van der Waals surface area contributed by atoms with E-state index in [1.165, 1.54) is 0 Å². The van der Waals surface area contributed by atoms with Crippen molar-refractivity contribution in [3.63, 3.8) is 0 Å². The molecule has 1 atom stereocenters. The van der Waals surface area contributed by atoms with Crippen LogP contribution in [-0.2, 0) is 11.8 Å². The number of aryl methyl sites for hydroxylation is 2. The maximum absolute atomic E-state index is 11.6. The number of hydrogen-bond acceptors (Lipinski definition) is 2. The lowest BCUT2D eigenvalue weighted by Gasteiger charge is -2.08. The molecule has 0 aliphatic carbocycles. The molecule has 1 unspecified atom stereocenters. The third kappa shape index (κ3) is 2.96. The molecule has 0 radical (unpaired) electrons. The molecule has 1 heterocycles. The van der Waals surface area contributed by atoms with Crippen molar-refractivity contribution >= 4 is 17.5 Å². The maximum atomic E-state index is 11.6. The first-order chi connectivity index (χ1) is 7.06. The van der Waals surface area contributed by atoms with Gasteiger partial charge in [-0.1, -0.05) is 6.92 Å². The van der Waals surface area contributed by atoms with Crippen LogP contribution >= 0.6 is 11.6 Å². The predicted molar refractivity (Wildman–Crippen MR) is 59.8 cm³/mol. The Bertz CT molecular complexity index is 348. The average Bonchev–Trinajstić information content (AvgIpc) is 2.53. The van der Waals surface area contributed by atoms with Crippen LogP contribution in [0, 0.1) is 6.92 Å². The summed E-state index contributed by atoms with van der Waals surface area (Å²) < 4.78 is 1.66. The number of nitrogens with one attached hydrogen (secondary N) is 1. The number of nitrogens with zero attached hydrogens (tertiary/aromatic N) is 2. The van der Waals surface area contributed by atoms with Gasteiger partial charge < -0.3 is 5.32 Å². The Kier molecular flexibility index (Phi) is 4.15. The van der Waals surface area contributed by atoms with Gasteiger partial charge in [0.05, 0.1) is 5.69 Å². The number of rotatable bonds is 4. The molecule has 5 heteroatoms. The van der Waals surface area contributed by atoms with Crippen LogP contribution in [0.15, 0.2) is 6.20 Å². The van der Waals surface area contributed by atoms with Gasteiger partial charge in [0.25, 0.3) is 0 Å². The summed E-state index contributed by atoms with van der Waals surface area (Å²) in [6, 6.07) is 0. The molecular formula is C10H16ClN3O. The fourth-order valence-corrected chi connectivity index (χ4v) is 1.64. The summed E-state index contributed by atoms with van der Waals surface area (Å²) in [7, 11) is 1.81. The number of carbonyl (C=O) groups excluding carboxylic acids is 1. The molecule has 0 aliphatic rings. The molecule has 4 nitrogen and oxygen atoms in total. The Morgan fingerprint density at radius 3 is 2.87 bits per heavy atom. The third-order valence-corrected chi connectivity index (χ3v) is 2.54. The van der Waals surface area contributed by atoms with Crippen molar-refractivity contribution in [2.45, 2.75) is 25.6 Å². The van der Waals surface area contributed by atoms with E-state index in [1.807, 2.05) is 20.9 Å². The molecule has 1 N–H and O–H groups in total. The van der Waals surface area contributed by atoms with Gasteiger partial charge in [-0.2, -0.15) is 5.10 Å². The average molecular weight is 230 g/mol. The Hall–Kier alpha value is -1.03. The van der Waals surface area contributed by atoms with Gasteiger partial charge in [0.2, 0.25) is 5.91 Å². The van der Waals surface area contributed by atoms with Gasteiger partial charge in [-0.15, -0.1) is 11.6 Å². The number of amides is 1. The quantitative estimate of drug-likeness (QED) is 0.797. The molecule has 1 amide bonds. The minimum absolute atomic E-state index is 0.158. The van der Waals surface area contributed by atoms with Gasteiger partial charge in [-0.3, -0.25) is 9.48 Å². The molecule has 0 aliphatic heterocycles. The van der Waals surface area contributed by atoms with Crippen LogP contribution in [0.5, 0.6) is 0 Å². The second kappa shape index (κ2) is 5.16. The van der Waals surface area contributed by atoms with Crippen molar-refractivity contribution < 1.29 is 4.79 Å². The van der Waals surface area contributed by atoms with Crippen LogP contribution < -0.4 is 5.32 Å². The summed E-state index contributed by atoms with van der Waals surface area (Å²) in [5, 5.41) is 6.26. The van der Waals surface area contributed by atoms with Gasteiger partial charge in [0, 0.05) is 25.4 Å². The summed E-state index contributed by atoms with van der Waals surface area (Å²) in [6.45, 7) is 4.50. The highest BCUT2D eigenvalue weighted by molar-refractivity contribution is 6.30. The zero-order chi connectivity index (χ0) is 11.4. The normalized spacial score (nSPS) is 12.5. The molecular weight excluding hydrogens is 214 g/mol. The van der Waals surface area contributed by atoms with E-state index >= 15 is 0 Å². The van der Waals surface area contributed by atoms with Crippen LogP contribution in [0.3, 0.4) is 0 Å². The Morgan fingerprint density at radius 1 is 1.73 bits per heavy atom. The molecule has 15 heavy (non-hydrogen) atoms. The van der Waals surface area contributed by atoms with Crippen LogP contribution in [-0.4, -0.2) is 22.2 Å². The molecule has 84 valence electrons. The van der Waals surface area contributed by atoms with Gasteiger partial charge in [0.1, 0.15) is 5.38 Å². The van der Waals surface area contributed by atoms with Gasteiger partial charge >= 0.3 is 0 Å². The summed E-state index contributed by atoms with van der Waals surface area (Å²) >= 11 is 6.05. The lowest BCUT2D eigenvalue weighted by Crippen LogP contribution is -2.27. The van der Waals surface area contributed by atoms with Gasteiger partial charge in [0.15, 0.2) is 0 Å². The highest BCUT2D eigenvalue weighted by Crippen LogP contribution is 2.22. The molecule has 0 saturated carbocycles. The van der Waals surface area contributed by atoms with Gasteiger partial charge in [-0.25, -0.2) is 0 Å². The van der Waals surface area contributed by atoms with E-state index in [9.17, 15) is 4.79 Å². The fourth-order valence-electron chi connectivity index (χ4n) is 1.35. The zero-order valence-corrected chi connectivity index (χ0v) is 10.0. The Labute approximate surface area is 94.6 Å². The number of carbonyl (C=O) groups is 1. The largest absolute Gasteiger partial charge is 0.355 e. The first kappa shape index (κ1) is 12.0. The third-order valence-electron chi connectivity index (χ3n) is 2.10. The molecule has 1 aromatic rings. The zero-order valence-electron chi connectivity index (χ0n) is 9.25. The van der Waals surface area contributed by atoms with Crippen LogP contribution in [0.2, 0.25) is 0 Å². The predicted octanol–water partition coefficient (Wildman–Crippen LogP) is 1.53. The first-order valence-electron chi connectivity index (χ1n) is 4.98. The second-order valence-corrected chi connectivity index (χ2v) is 3.93. The van der Waals surface area contributed by atoms with E-state index in [4.69, 9.17) is 11.6 Å². The Balaban J connectivity index is 2.71. The lowest BCUT2D eigenvalue weighted by molar-refractivity contribution is -0.120. The second-order valence-electron chi connectivity index (χ2n) is 3.50. The number of alkyl halides is 1. The standard InChI is InChI=1S/C10H16ClN3O/c1-4-5-12-10(15)9(11)8-6-14(3)13-7(8)2/h6,9H,4-5H2,1-3H3,(H,12,15). The van der Waals surface area contributed by atoms with Crippen molar-refractivity contribution in [2.24, 2.45) is 7.05 Å². The molecule has 1 rings (SSSR count). The smallest absolute Gasteiger partial charge is 0.242 e. The molecule has 0 saturated heterocycles. The summed E-state index contributed by atoms with van der Waals surface area (Å²) in [4.78, 5) is 11.6. The van der Waals surface area contributed by atoms with Crippen molar-refractivity contribution in [3.8, 4) is 0 Å². The summed E-state index contributed by atoms with van der Waals surface area (Å²) in [5.74, 6) is -0.158. The molecule has 0 aromatic carbocycles. The highest BCUT2D eigenvalue weighted by atomic mass is 35.5. The molecule has 0 bridgehead atoms. The number of hydrogen-bond donors (Lipinski definition) is 1. The van der Waals surface area contributed by atoms with E-state index in [-0.39, 0.29) is 5.91 Å².